The summed E-state index contributed by atoms with van der Waals surface area (Å²) in [5.74, 6) is 0.809. The third-order valence-electron chi connectivity index (χ3n) is 3.30. The lowest BCUT2D eigenvalue weighted by Crippen LogP contribution is -2.20. The average molecular weight is 305 g/mol. The Labute approximate surface area is 128 Å². The van der Waals surface area contributed by atoms with Crippen molar-refractivity contribution in [2.45, 2.75) is 25.3 Å². The maximum absolute atomic E-state index is 11.6. The normalized spacial score (nSPS) is 10.6. The van der Waals surface area contributed by atoms with Gasteiger partial charge in [-0.3, -0.25) is 0 Å². The molecule has 0 unspecified atom stereocenters. The SMILES string of the molecule is CCSc1cccc(N(C)Cc2ccoc2C)c1C(=O)O. The number of carboxylic acids is 1. The molecule has 0 bridgehead atoms. The second kappa shape index (κ2) is 6.72. The molecule has 0 aliphatic heterocycles. The highest BCUT2D eigenvalue weighted by molar-refractivity contribution is 7.99. The lowest BCUT2D eigenvalue weighted by molar-refractivity contribution is 0.0694. The van der Waals surface area contributed by atoms with Crippen molar-refractivity contribution >= 4 is 23.4 Å². The van der Waals surface area contributed by atoms with E-state index in [9.17, 15) is 9.90 Å². The summed E-state index contributed by atoms with van der Waals surface area (Å²) in [7, 11) is 1.90. The highest BCUT2D eigenvalue weighted by Crippen LogP contribution is 2.31. The summed E-state index contributed by atoms with van der Waals surface area (Å²) in [5, 5.41) is 9.54. The second-order valence-corrected chi connectivity index (χ2v) is 6.05. The molecule has 1 heterocycles. The van der Waals surface area contributed by atoms with Crippen LogP contribution in [0, 0.1) is 6.92 Å². The van der Waals surface area contributed by atoms with Crippen LogP contribution < -0.4 is 4.90 Å². The first kappa shape index (κ1) is 15.5. The van der Waals surface area contributed by atoms with Gasteiger partial charge >= 0.3 is 5.97 Å². The number of furan rings is 1. The van der Waals surface area contributed by atoms with Gasteiger partial charge in [0, 0.05) is 24.1 Å². The molecular weight excluding hydrogens is 286 g/mol. The molecule has 4 nitrogen and oxygen atoms in total. The number of anilines is 1. The van der Waals surface area contributed by atoms with Crippen LogP contribution in [0.4, 0.5) is 5.69 Å². The van der Waals surface area contributed by atoms with Crippen molar-refractivity contribution in [2.24, 2.45) is 0 Å². The average Bonchev–Trinajstić information content (AvgIpc) is 2.84. The first-order chi connectivity index (χ1) is 10.0. The van der Waals surface area contributed by atoms with E-state index in [-0.39, 0.29) is 0 Å². The highest BCUT2D eigenvalue weighted by Gasteiger charge is 2.18. The summed E-state index contributed by atoms with van der Waals surface area (Å²) >= 11 is 1.55. The zero-order valence-corrected chi connectivity index (χ0v) is 13.2. The summed E-state index contributed by atoms with van der Waals surface area (Å²) in [6.45, 7) is 4.54. The minimum atomic E-state index is -0.891. The molecule has 0 fully saturated rings. The fourth-order valence-electron chi connectivity index (χ4n) is 2.24. The van der Waals surface area contributed by atoms with Gasteiger partial charge in [0.1, 0.15) is 5.76 Å². The monoisotopic (exact) mass is 305 g/mol. The van der Waals surface area contributed by atoms with Crippen LogP contribution >= 0.6 is 11.8 Å². The summed E-state index contributed by atoms with van der Waals surface area (Å²) in [5.41, 5.74) is 2.15. The van der Waals surface area contributed by atoms with Gasteiger partial charge < -0.3 is 14.4 Å². The molecular formula is C16H19NO3S. The van der Waals surface area contributed by atoms with Gasteiger partial charge in [-0.1, -0.05) is 13.0 Å². The van der Waals surface area contributed by atoms with Crippen molar-refractivity contribution in [3.63, 3.8) is 0 Å². The Hall–Kier alpha value is -1.88. The molecule has 2 aromatic rings. The molecule has 0 radical (unpaired) electrons. The smallest absolute Gasteiger partial charge is 0.338 e. The van der Waals surface area contributed by atoms with Gasteiger partial charge in [-0.25, -0.2) is 4.79 Å². The molecule has 5 heteroatoms. The Balaban J connectivity index is 2.36. The molecule has 2 rings (SSSR count). The number of carbonyl (C=O) groups is 1. The van der Waals surface area contributed by atoms with Crippen molar-refractivity contribution < 1.29 is 14.3 Å². The number of rotatable bonds is 6. The molecule has 0 aliphatic carbocycles. The van der Waals surface area contributed by atoms with Gasteiger partial charge in [0.15, 0.2) is 0 Å². The Morgan fingerprint density at radius 1 is 1.38 bits per heavy atom. The van der Waals surface area contributed by atoms with Crippen LogP contribution in [0.25, 0.3) is 0 Å². The minimum Gasteiger partial charge on any atom is -0.478 e. The van der Waals surface area contributed by atoms with E-state index in [0.29, 0.717) is 12.1 Å². The standard InChI is InChI=1S/C16H19NO3S/c1-4-21-14-7-5-6-13(15(14)16(18)19)17(3)10-12-8-9-20-11(12)2/h5-9H,4,10H2,1-3H3,(H,18,19). The maximum atomic E-state index is 11.6. The molecule has 21 heavy (non-hydrogen) atoms. The molecule has 0 aliphatic rings. The Morgan fingerprint density at radius 3 is 2.71 bits per heavy atom. The Kier molecular flexibility index (Phi) is 4.96. The van der Waals surface area contributed by atoms with Crippen molar-refractivity contribution in [2.75, 3.05) is 17.7 Å². The highest BCUT2D eigenvalue weighted by atomic mass is 32.2. The molecule has 0 atom stereocenters. The first-order valence-electron chi connectivity index (χ1n) is 6.77. The molecule has 1 aromatic heterocycles. The fourth-order valence-corrected chi connectivity index (χ4v) is 3.07. The lowest BCUT2D eigenvalue weighted by Gasteiger charge is -2.22. The predicted octanol–water partition coefficient (Wildman–Crippen LogP) is 4.03. The lowest BCUT2D eigenvalue weighted by atomic mass is 10.1. The number of carboxylic acid groups (broad SMARTS) is 1. The van der Waals surface area contributed by atoms with Crippen LogP contribution in [0.2, 0.25) is 0 Å². The van der Waals surface area contributed by atoms with E-state index >= 15 is 0 Å². The van der Waals surface area contributed by atoms with Gasteiger partial charge in [0.05, 0.1) is 17.5 Å². The molecule has 1 N–H and O–H groups in total. The summed E-state index contributed by atoms with van der Waals surface area (Å²) in [6, 6.07) is 7.52. The molecule has 112 valence electrons. The van der Waals surface area contributed by atoms with E-state index in [4.69, 9.17) is 4.42 Å². The topological polar surface area (TPSA) is 53.7 Å². The van der Waals surface area contributed by atoms with Crippen molar-refractivity contribution in [1.29, 1.82) is 0 Å². The van der Waals surface area contributed by atoms with Crippen LogP contribution in [0.1, 0.15) is 28.6 Å². The van der Waals surface area contributed by atoms with Gasteiger partial charge in [-0.05, 0) is 30.9 Å². The number of aromatic carboxylic acids is 1. The second-order valence-electron chi connectivity index (χ2n) is 4.75. The number of hydrogen-bond donors (Lipinski definition) is 1. The van der Waals surface area contributed by atoms with E-state index in [1.54, 1.807) is 18.0 Å². The van der Waals surface area contributed by atoms with Crippen LogP contribution in [0.3, 0.4) is 0 Å². The number of benzene rings is 1. The number of thioether (sulfide) groups is 1. The molecule has 0 amide bonds. The van der Waals surface area contributed by atoms with E-state index in [1.807, 2.05) is 50.1 Å². The minimum absolute atomic E-state index is 0.369. The third kappa shape index (κ3) is 3.42. The molecule has 0 saturated carbocycles. The van der Waals surface area contributed by atoms with Crippen molar-refractivity contribution in [3.8, 4) is 0 Å². The number of nitrogens with zero attached hydrogens (tertiary/aromatic N) is 1. The van der Waals surface area contributed by atoms with E-state index in [1.165, 1.54) is 0 Å². The third-order valence-corrected chi connectivity index (χ3v) is 4.24. The maximum Gasteiger partial charge on any atom is 0.338 e. The molecule has 1 aromatic carbocycles. The van der Waals surface area contributed by atoms with E-state index in [2.05, 4.69) is 0 Å². The van der Waals surface area contributed by atoms with Crippen LogP contribution in [-0.2, 0) is 6.54 Å². The Bertz CT molecular complexity index is 636. The molecule has 0 spiro atoms. The summed E-state index contributed by atoms with van der Waals surface area (Å²) in [6.07, 6.45) is 1.65. The van der Waals surface area contributed by atoms with Crippen LogP contribution in [0.5, 0.6) is 0 Å². The largest absolute Gasteiger partial charge is 0.478 e. The van der Waals surface area contributed by atoms with E-state index < -0.39 is 5.97 Å². The van der Waals surface area contributed by atoms with Crippen LogP contribution in [0.15, 0.2) is 39.8 Å². The number of hydrogen-bond acceptors (Lipinski definition) is 4. The van der Waals surface area contributed by atoms with E-state index in [0.717, 1.165) is 27.7 Å². The van der Waals surface area contributed by atoms with Gasteiger partial charge in [-0.15, -0.1) is 11.8 Å². The zero-order chi connectivity index (χ0) is 15.4. The predicted molar refractivity (Wildman–Crippen MR) is 85.4 cm³/mol. The summed E-state index contributed by atoms with van der Waals surface area (Å²) in [4.78, 5) is 14.4. The summed E-state index contributed by atoms with van der Waals surface area (Å²) < 4.78 is 5.29. The first-order valence-corrected chi connectivity index (χ1v) is 7.76. The zero-order valence-electron chi connectivity index (χ0n) is 12.4. The van der Waals surface area contributed by atoms with Crippen molar-refractivity contribution in [3.05, 3.63) is 47.4 Å². The van der Waals surface area contributed by atoms with Crippen LogP contribution in [-0.4, -0.2) is 23.9 Å². The Morgan fingerprint density at radius 2 is 2.14 bits per heavy atom. The fraction of sp³-hybridized carbons (Fsp3) is 0.312. The number of aryl methyl sites for hydroxylation is 1. The quantitative estimate of drug-likeness (QED) is 0.816. The van der Waals surface area contributed by atoms with Gasteiger partial charge in [0.25, 0.3) is 0 Å². The van der Waals surface area contributed by atoms with Crippen molar-refractivity contribution in [1.82, 2.24) is 0 Å². The molecule has 0 saturated heterocycles. The van der Waals surface area contributed by atoms with Gasteiger partial charge in [-0.2, -0.15) is 0 Å². The van der Waals surface area contributed by atoms with Gasteiger partial charge in [0.2, 0.25) is 0 Å².